The summed E-state index contributed by atoms with van der Waals surface area (Å²) >= 11 is 1.44. The van der Waals surface area contributed by atoms with E-state index in [-0.39, 0.29) is 11.8 Å². The van der Waals surface area contributed by atoms with Crippen molar-refractivity contribution < 1.29 is 9.59 Å². The zero-order valence-corrected chi connectivity index (χ0v) is 20.5. The van der Waals surface area contributed by atoms with E-state index in [2.05, 4.69) is 35.4 Å². The van der Waals surface area contributed by atoms with Gasteiger partial charge < -0.3 is 15.5 Å². The van der Waals surface area contributed by atoms with Crippen molar-refractivity contribution in [3.63, 3.8) is 0 Å². The lowest BCUT2D eigenvalue weighted by Gasteiger charge is -2.34. The van der Waals surface area contributed by atoms with Crippen LogP contribution in [0, 0.1) is 18.8 Å². The van der Waals surface area contributed by atoms with Gasteiger partial charge in [0.05, 0.1) is 10.6 Å². The Labute approximate surface area is 201 Å². The molecule has 2 N–H and O–H groups in total. The van der Waals surface area contributed by atoms with E-state index >= 15 is 0 Å². The van der Waals surface area contributed by atoms with Crippen LogP contribution in [0.15, 0.2) is 52.3 Å². The number of piperidine rings is 1. The molecule has 2 aliphatic rings. The van der Waals surface area contributed by atoms with E-state index in [1.165, 1.54) is 18.2 Å². The minimum atomic E-state index is -0.142. The summed E-state index contributed by atoms with van der Waals surface area (Å²) in [6, 6.07) is 13.6. The van der Waals surface area contributed by atoms with Crippen molar-refractivity contribution in [1.29, 1.82) is 0 Å². The molecule has 2 unspecified atom stereocenters. The van der Waals surface area contributed by atoms with Crippen molar-refractivity contribution in [2.24, 2.45) is 11.8 Å². The van der Waals surface area contributed by atoms with Crippen molar-refractivity contribution in [3.05, 3.63) is 64.1 Å². The van der Waals surface area contributed by atoms with Gasteiger partial charge in [0.2, 0.25) is 0 Å². The number of hydrogen-bond acceptors (Lipinski definition) is 4. The summed E-state index contributed by atoms with van der Waals surface area (Å²) in [7, 11) is 0. The third-order valence-corrected chi connectivity index (χ3v) is 7.25. The van der Waals surface area contributed by atoms with Crippen LogP contribution in [0.5, 0.6) is 0 Å². The number of anilines is 1. The van der Waals surface area contributed by atoms with Gasteiger partial charge in [-0.1, -0.05) is 55.4 Å². The van der Waals surface area contributed by atoms with Crippen molar-refractivity contribution in [1.82, 2.24) is 10.2 Å². The molecule has 2 amide bonds. The first-order valence-corrected chi connectivity index (χ1v) is 12.6. The lowest BCUT2D eigenvalue weighted by molar-refractivity contribution is -0.112. The minimum absolute atomic E-state index is 0.0986. The number of nitrogens with one attached hydrogen (secondary N) is 2. The van der Waals surface area contributed by atoms with Gasteiger partial charge in [-0.25, -0.2) is 0 Å². The average molecular weight is 464 g/mol. The summed E-state index contributed by atoms with van der Waals surface area (Å²) in [6.45, 7) is 10.6. The first-order chi connectivity index (χ1) is 15.9. The molecule has 5 nitrogen and oxygen atoms in total. The smallest absolute Gasteiger partial charge is 0.262 e. The van der Waals surface area contributed by atoms with E-state index in [1.807, 2.05) is 43.3 Å². The number of fused-ring (bicyclic) bond motifs is 1. The van der Waals surface area contributed by atoms with E-state index in [0.717, 1.165) is 53.9 Å². The zero-order valence-electron chi connectivity index (χ0n) is 19.7. The van der Waals surface area contributed by atoms with Gasteiger partial charge in [-0.05, 0) is 68.0 Å². The molecule has 0 aliphatic carbocycles. The summed E-state index contributed by atoms with van der Waals surface area (Å²) in [5, 5.41) is 5.97. The van der Waals surface area contributed by atoms with Crippen molar-refractivity contribution in [3.8, 4) is 0 Å². The predicted octanol–water partition coefficient (Wildman–Crippen LogP) is 5.18. The first kappa shape index (κ1) is 23.6. The molecule has 2 aromatic rings. The fourth-order valence-corrected chi connectivity index (χ4v) is 5.73. The molecule has 2 atom stereocenters. The standard InChI is InChI=1S/C27H33N3O2S/c1-18-6-4-7-21(13-18)14-25-27(32)29-23-15-22(8-9-24(23)33-25)26(31)28-10-5-11-30-16-19(2)12-20(3)17-30/h4,6-9,13-15,19-20H,5,10-12,16-17H2,1-3H3,(H,28,31)(H,29,32)/b25-14+. The molecular weight excluding hydrogens is 430 g/mol. The van der Waals surface area contributed by atoms with Gasteiger partial charge in [-0.15, -0.1) is 0 Å². The maximum Gasteiger partial charge on any atom is 0.262 e. The molecule has 33 heavy (non-hydrogen) atoms. The van der Waals surface area contributed by atoms with Gasteiger partial charge in [0.25, 0.3) is 11.8 Å². The van der Waals surface area contributed by atoms with Crippen LogP contribution in [-0.4, -0.2) is 42.9 Å². The Kier molecular flexibility index (Phi) is 7.56. The van der Waals surface area contributed by atoms with Crippen LogP contribution in [0.1, 0.15) is 48.2 Å². The number of likely N-dealkylation sites (tertiary alicyclic amines) is 1. The predicted molar refractivity (Wildman–Crippen MR) is 136 cm³/mol. The van der Waals surface area contributed by atoms with Crippen LogP contribution in [0.3, 0.4) is 0 Å². The molecule has 0 spiro atoms. The van der Waals surface area contributed by atoms with Crippen LogP contribution in [0.2, 0.25) is 0 Å². The molecule has 2 aromatic carbocycles. The van der Waals surface area contributed by atoms with Crippen LogP contribution in [0.25, 0.3) is 6.08 Å². The molecule has 0 bridgehead atoms. The number of amides is 2. The molecule has 0 saturated carbocycles. The molecule has 0 aromatic heterocycles. The first-order valence-electron chi connectivity index (χ1n) is 11.8. The summed E-state index contributed by atoms with van der Waals surface area (Å²) in [5.41, 5.74) is 3.42. The van der Waals surface area contributed by atoms with E-state index in [1.54, 1.807) is 6.07 Å². The molecule has 0 radical (unpaired) electrons. The van der Waals surface area contributed by atoms with Crippen LogP contribution in [-0.2, 0) is 4.79 Å². The Morgan fingerprint density at radius 1 is 1.18 bits per heavy atom. The largest absolute Gasteiger partial charge is 0.352 e. The lowest BCUT2D eigenvalue weighted by atomic mass is 9.92. The Hall–Kier alpha value is -2.57. The van der Waals surface area contributed by atoms with Crippen LogP contribution < -0.4 is 10.6 Å². The number of rotatable bonds is 6. The summed E-state index contributed by atoms with van der Waals surface area (Å²) < 4.78 is 0. The number of carbonyl (C=O) groups is 2. The van der Waals surface area contributed by atoms with Gasteiger partial charge in [0, 0.05) is 30.1 Å². The Balaban J connectivity index is 1.32. The lowest BCUT2D eigenvalue weighted by Crippen LogP contribution is -2.40. The number of aryl methyl sites for hydroxylation is 1. The van der Waals surface area contributed by atoms with Crippen molar-refractivity contribution >= 4 is 35.3 Å². The Morgan fingerprint density at radius 2 is 1.97 bits per heavy atom. The SMILES string of the molecule is Cc1cccc(/C=C2/Sc3ccc(C(=O)NCCCN4CC(C)CC(C)C4)cc3NC2=O)c1. The molecule has 1 fully saturated rings. The second-order valence-corrected chi connectivity index (χ2v) is 10.6. The minimum Gasteiger partial charge on any atom is -0.352 e. The van der Waals surface area contributed by atoms with Gasteiger partial charge >= 0.3 is 0 Å². The number of thioether (sulfide) groups is 1. The molecule has 2 heterocycles. The molecule has 6 heteroatoms. The number of benzene rings is 2. The second kappa shape index (κ2) is 10.6. The summed E-state index contributed by atoms with van der Waals surface area (Å²) in [6.07, 6.45) is 4.15. The van der Waals surface area contributed by atoms with Crippen LogP contribution in [0.4, 0.5) is 5.69 Å². The monoisotopic (exact) mass is 463 g/mol. The molecular formula is C27H33N3O2S. The van der Waals surface area contributed by atoms with Crippen molar-refractivity contribution in [2.75, 3.05) is 31.5 Å². The van der Waals surface area contributed by atoms with Gasteiger partial charge in [0.15, 0.2) is 0 Å². The maximum absolute atomic E-state index is 12.6. The zero-order chi connectivity index (χ0) is 23.4. The highest BCUT2D eigenvalue weighted by atomic mass is 32.2. The van der Waals surface area contributed by atoms with E-state index < -0.39 is 0 Å². The highest BCUT2D eigenvalue weighted by molar-refractivity contribution is 8.04. The third-order valence-electron chi connectivity index (χ3n) is 6.15. The van der Waals surface area contributed by atoms with Gasteiger partial charge in [-0.3, -0.25) is 9.59 Å². The quantitative estimate of drug-likeness (QED) is 0.458. The Bertz CT molecular complexity index is 1060. The fraction of sp³-hybridized carbons (Fsp3) is 0.407. The fourth-order valence-electron chi connectivity index (χ4n) is 4.79. The van der Waals surface area contributed by atoms with Crippen molar-refractivity contribution in [2.45, 2.75) is 38.5 Å². The topological polar surface area (TPSA) is 61.4 Å². The van der Waals surface area contributed by atoms with Crippen LogP contribution >= 0.6 is 11.8 Å². The van der Waals surface area contributed by atoms with Gasteiger partial charge in [0.1, 0.15) is 0 Å². The van der Waals surface area contributed by atoms with E-state index in [4.69, 9.17) is 0 Å². The van der Waals surface area contributed by atoms with E-state index in [0.29, 0.717) is 22.7 Å². The highest BCUT2D eigenvalue weighted by Gasteiger charge is 2.23. The number of hydrogen-bond donors (Lipinski definition) is 2. The molecule has 1 saturated heterocycles. The van der Waals surface area contributed by atoms with Gasteiger partial charge in [-0.2, -0.15) is 0 Å². The molecule has 2 aliphatic heterocycles. The maximum atomic E-state index is 12.6. The third kappa shape index (κ3) is 6.27. The number of carbonyl (C=O) groups excluding carboxylic acids is 2. The normalized spacial score (nSPS) is 22.0. The molecule has 174 valence electrons. The highest BCUT2D eigenvalue weighted by Crippen LogP contribution is 2.39. The summed E-state index contributed by atoms with van der Waals surface area (Å²) in [5.74, 6) is 1.26. The Morgan fingerprint density at radius 3 is 2.73 bits per heavy atom. The molecule has 4 rings (SSSR count). The average Bonchev–Trinajstić information content (AvgIpc) is 2.76. The van der Waals surface area contributed by atoms with E-state index in [9.17, 15) is 9.59 Å². The summed E-state index contributed by atoms with van der Waals surface area (Å²) in [4.78, 5) is 29.4. The second-order valence-electron chi connectivity index (χ2n) is 9.50. The number of nitrogens with zero attached hydrogens (tertiary/aromatic N) is 1.